The Bertz CT molecular complexity index is 690. The minimum absolute atomic E-state index is 0. The van der Waals surface area contributed by atoms with E-state index in [0.717, 1.165) is 17.7 Å². The van der Waals surface area contributed by atoms with Gasteiger partial charge in [0.25, 0.3) is 0 Å². The third kappa shape index (κ3) is 8.43. The number of hydrogen-bond donors (Lipinski definition) is 3. The van der Waals surface area contributed by atoms with Crippen molar-refractivity contribution in [3.8, 4) is 0 Å². The van der Waals surface area contributed by atoms with Crippen LogP contribution in [0.5, 0.6) is 0 Å². The maximum absolute atomic E-state index is 11.8. The van der Waals surface area contributed by atoms with Crippen LogP contribution in [0.3, 0.4) is 0 Å². The van der Waals surface area contributed by atoms with E-state index >= 15 is 0 Å². The van der Waals surface area contributed by atoms with Crippen LogP contribution in [0, 0.1) is 5.92 Å². The summed E-state index contributed by atoms with van der Waals surface area (Å²) in [4.78, 5) is 27.5. The van der Waals surface area contributed by atoms with Gasteiger partial charge in [-0.15, -0.1) is 24.8 Å². The summed E-state index contributed by atoms with van der Waals surface area (Å²) in [6, 6.07) is 7.38. The van der Waals surface area contributed by atoms with E-state index in [0.29, 0.717) is 6.54 Å². The number of nitrogens with two attached hydrogens (primary N) is 1. The molecular weight excluding hydrogens is 389 g/mol. The monoisotopic (exact) mass is 415 g/mol. The molecule has 4 N–H and O–H groups in total. The Kier molecular flexibility index (Phi) is 11.4. The zero-order chi connectivity index (χ0) is 18.2. The van der Waals surface area contributed by atoms with Crippen molar-refractivity contribution in [3.63, 3.8) is 0 Å². The van der Waals surface area contributed by atoms with Crippen molar-refractivity contribution in [2.75, 3.05) is 6.54 Å². The lowest BCUT2D eigenvalue weighted by Crippen LogP contribution is -2.47. The first-order chi connectivity index (χ1) is 12.0. The van der Waals surface area contributed by atoms with Gasteiger partial charge in [-0.2, -0.15) is 0 Å². The molecule has 0 radical (unpaired) electrons. The van der Waals surface area contributed by atoms with Crippen LogP contribution in [-0.2, 0) is 22.7 Å². The molecule has 0 aliphatic rings. The molecule has 2 aromatic rings. The largest absolute Gasteiger partial charge is 0.350 e. The third-order valence-electron chi connectivity index (χ3n) is 3.88. The molecule has 0 aliphatic carbocycles. The van der Waals surface area contributed by atoms with Gasteiger partial charge in [0.15, 0.2) is 0 Å². The molecule has 1 aromatic heterocycles. The number of hydrogen-bond acceptors (Lipinski definition) is 4. The minimum Gasteiger partial charge on any atom is -0.350 e. The molecule has 0 aliphatic heterocycles. The van der Waals surface area contributed by atoms with Crippen molar-refractivity contribution in [1.29, 1.82) is 0 Å². The summed E-state index contributed by atoms with van der Waals surface area (Å²) in [5, 5.41) is 5.33. The Morgan fingerprint density at radius 3 is 2.30 bits per heavy atom. The van der Waals surface area contributed by atoms with Crippen molar-refractivity contribution >= 4 is 36.6 Å². The summed E-state index contributed by atoms with van der Waals surface area (Å²) >= 11 is 0. The predicted octanol–water partition coefficient (Wildman–Crippen LogP) is 1.49. The number of carbonyl (C=O) groups is 2. The summed E-state index contributed by atoms with van der Waals surface area (Å²) in [5.41, 5.74) is 7.87. The molecule has 0 saturated carbocycles. The van der Waals surface area contributed by atoms with E-state index in [-0.39, 0.29) is 49.1 Å². The van der Waals surface area contributed by atoms with Gasteiger partial charge in [0, 0.05) is 25.5 Å². The van der Waals surface area contributed by atoms with Gasteiger partial charge >= 0.3 is 0 Å². The van der Waals surface area contributed by atoms with Crippen LogP contribution < -0.4 is 16.4 Å². The highest BCUT2D eigenvalue weighted by molar-refractivity contribution is 5.87. The summed E-state index contributed by atoms with van der Waals surface area (Å²) in [7, 11) is 0. The van der Waals surface area contributed by atoms with Crippen molar-refractivity contribution in [3.05, 3.63) is 54.1 Å². The SMILES string of the molecule is CC(C)[C@H](N)C(=O)NCC(=O)NCc1ccc(Cn2ccnc2)cc1.Cl.Cl. The first-order valence-electron chi connectivity index (χ1n) is 8.29. The second-order valence-electron chi connectivity index (χ2n) is 6.32. The van der Waals surface area contributed by atoms with Crippen molar-refractivity contribution < 1.29 is 9.59 Å². The molecular formula is C18H27Cl2N5O2. The number of rotatable bonds is 8. The van der Waals surface area contributed by atoms with Gasteiger partial charge in [0.2, 0.25) is 11.8 Å². The van der Waals surface area contributed by atoms with Gasteiger partial charge < -0.3 is 20.9 Å². The number of carbonyl (C=O) groups excluding carboxylic acids is 2. The Labute approximate surface area is 171 Å². The molecule has 0 bridgehead atoms. The molecule has 7 nitrogen and oxygen atoms in total. The summed E-state index contributed by atoms with van der Waals surface area (Å²) in [5.74, 6) is -0.523. The molecule has 9 heteroatoms. The molecule has 1 atom stereocenters. The number of nitrogens with zero attached hydrogens (tertiary/aromatic N) is 2. The van der Waals surface area contributed by atoms with E-state index in [1.54, 1.807) is 12.5 Å². The fourth-order valence-electron chi connectivity index (χ4n) is 2.20. The zero-order valence-electron chi connectivity index (χ0n) is 15.4. The zero-order valence-corrected chi connectivity index (χ0v) is 17.1. The Morgan fingerprint density at radius 2 is 1.74 bits per heavy atom. The maximum atomic E-state index is 11.8. The molecule has 2 amide bonds. The van der Waals surface area contributed by atoms with Crippen LogP contribution in [0.15, 0.2) is 43.0 Å². The number of amides is 2. The number of nitrogens with one attached hydrogen (secondary N) is 2. The highest BCUT2D eigenvalue weighted by Gasteiger charge is 2.17. The van der Waals surface area contributed by atoms with Crippen molar-refractivity contribution in [2.45, 2.75) is 33.0 Å². The molecule has 1 heterocycles. The lowest BCUT2D eigenvalue weighted by molar-refractivity contribution is -0.127. The second kappa shape index (κ2) is 12.3. The van der Waals surface area contributed by atoms with Gasteiger partial charge in [-0.25, -0.2) is 4.98 Å². The van der Waals surface area contributed by atoms with Crippen LogP contribution >= 0.6 is 24.8 Å². The van der Waals surface area contributed by atoms with Gasteiger partial charge in [-0.3, -0.25) is 9.59 Å². The van der Waals surface area contributed by atoms with E-state index in [2.05, 4.69) is 15.6 Å². The molecule has 27 heavy (non-hydrogen) atoms. The highest BCUT2D eigenvalue weighted by atomic mass is 35.5. The average molecular weight is 416 g/mol. The van der Waals surface area contributed by atoms with E-state index in [4.69, 9.17) is 5.73 Å². The molecule has 2 rings (SSSR count). The average Bonchev–Trinajstić information content (AvgIpc) is 3.11. The lowest BCUT2D eigenvalue weighted by atomic mass is 10.1. The first-order valence-corrected chi connectivity index (χ1v) is 8.29. The molecule has 0 fully saturated rings. The van der Waals surface area contributed by atoms with E-state index < -0.39 is 6.04 Å². The molecule has 150 valence electrons. The molecule has 0 unspecified atom stereocenters. The number of halogens is 2. The Hall–Kier alpha value is -2.09. The number of benzene rings is 1. The first kappa shape index (κ1) is 24.9. The summed E-state index contributed by atoms with van der Waals surface area (Å²) in [6.45, 7) is 4.82. The second-order valence-corrected chi connectivity index (χ2v) is 6.32. The van der Waals surface area contributed by atoms with Crippen LogP contribution in [0.2, 0.25) is 0 Å². The maximum Gasteiger partial charge on any atom is 0.239 e. The lowest BCUT2D eigenvalue weighted by Gasteiger charge is -2.15. The minimum atomic E-state index is -0.601. The van der Waals surface area contributed by atoms with Crippen molar-refractivity contribution in [1.82, 2.24) is 20.2 Å². The van der Waals surface area contributed by atoms with E-state index in [1.165, 1.54) is 0 Å². The van der Waals surface area contributed by atoms with Crippen molar-refractivity contribution in [2.24, 2.45) is 11.7 Å². The quantitative estimate of drug-likeness (QED) is 0.607. The van der Waals surface area contributed by atoms with Crippen LogP contribution in [0.25, 0.3) is 0 Å². The Balaban J connectivity index is 0.00000338. The molecule has 0 saturated heterocycles. The van der Waals surface area contributed by atoms with E-state index in [9.17, 15) is 9.59 Å². The molecule has 0 spiro atoms. The number of aromatic nitrogens is 2. The summed E-state index contributed by atoms with van der Waals surface area (Å²) in [6.07, 6.45) is 5.43. The van der Waals surface area contributed by atoms with Gasteiger partial charge in [0.1, 0.15) is 0 Å². The predicted molar refractivity (Wildman–Crippen MR) is 110 cm³/mol. The van der Waals surface area contributed by atoms with Gasteiger partial charge in [-0.05, 0) is 17.0 Å². The molecule has 1 aromatic carbocycles. The van der Waals surface area contributed by atoms with Crippen LogP contribution in [0.4, 0.5) is 0 Å². The fraction of sp³-hybridized carbons (Fsp3) is 0.389. The van der Waals surface area contributed by atoms with Crippen LogP contribution in [-0.4, -0.2) is 34.0 Å². The number of imidazole rings is 1. The van der Waals surface area contributed by atoms with Gasteiger partial charge in [-0.1, -0.05) is 38.1 Å². The standard InChI is InChI=1S/C18H25N5O2.2ClH/c1-13(2)17(19)18(25)22-10-16(24)21-9-14-3-5-15(6-4-14)11-23-8-7-20-12-23;;/h3-8,12-13,17H,9-11,19H2,1-2H3,(H,21,24)(H,22,25);2*1H/t17-;;/m0../s1. The topological polar surface area (TPSA) is 102 Å². The normalized spacial score (nSPS) is 11.1. The highest BCUT2D eigenvalue weighted by Crippen LogP contribution is 2.06. The van der Waals surface area contributed by atoms with Crippen LogP contribution in [0.1, 0.15) is 25.0 Å². The van der Waals surface area contributed by atoms with E-state index in [1.807, 2.05) is 48.9 Å². The third-order valence-corrected chi connectivity index (χ3v) is 3.88. The smallest absolute Gasteiger partial charge is 0.239 e. The summed E-state index contributed by atoms with van der Waals surface area (Å²) < 4.78 is 1.99. The Morgan fingerprint density at radius 1 is 1.11 bits per heavy atom. The fourth-order valence-corrected chi connectivity index (χ4v) is 2.20. The van der Waals surface area contributed by atoms with Gasteiger partial charge in [0.05, 0.1) is 18.9 Å².